The number of non-ortho nitro benzene ring substituents is 1. The Kier molecular flexibility index (Phi) is 5.30. The van der Waals surface area contributed by atoms with E-state index in [1.54, 1.807) is 12.1 Å². The van der Waals surface area contributed by atoms with E-state index in [9.17, 15) is 14.9 Å². The van der Waals surface area contributed by atoms with Gasteiger partial charge in [-0.3, -0.25) is 14.9 Å². The lowest BCUT2D eigenvalue weighted by atomic mass is 9.98. The third-order valence-electron chi connectivity index (χ3n) is 4.27. The number of nitro benzene ring substituents is 1. The highest BCUT2D eigenvalue weighted by Gasteiger charge is 2.27. The molecular weight excluding hydrogens is 352 g/mol. The molecule has 0 aliphatic carbocycles. The van der Waals surface area contributed by atoms with Crippen molar-refractivity contribution in [1.29, 1.82) is 0 Å². The summed E-state index contributed by atoms with van der Waals surface area (Å²) >= 11 is 0. The van der Waals surface area contributed by atoms with Crippen LogP contribution in [-0.2, 0) is 0 Å². The third kappa shape index (κ3) is 4.02. The standard InChI is InChI=1S/C18H18N4O5/c1-3-11(2)15(18-20-16(21-27-18)14-8-5-9-26-14)19-17(23)12-6-4-7-13(10-12)22(24)25/h4-11,15H,3H2,1-2H3,(H,19,23)/t11-,15+/m0/s1. The second-order valence-electron chi connectivity index (χ2n) is 6.08. The average Bonchev–Trinajstić information content (AvgIpc) is 3.36. The fourth-order valence-electron chi connectivity index (χ4n) is 2.54. The van der Waals surface area contributed by atoms with Crippen LogP contribution >= 0.6 is 0 Å². The van der Waals surface area contributed by atoms with Crippen molar-refractivity contribution < 1.29 is 18.7 Å². The minimum Gasteiger partial charge on any atom is -0.461 e. The molecule has 0 saturated heterocycles. The number of nitro groups is 1. The van der Waals surface area contributed by atoms with Gasteiger partial charge < -0.3 is 14.3 Å². The lowest BCUT2D eigenvalue weighted by Gasteiger charge is -2.20. The zero-order valence-electron chi connectivity index (χ0n) is 14.8. The minimum absolute atomic E-state index is 0.00227. The van der Waals surface area contributed by atoms with Gasteiger partial charge in [0.15, 0.2) is 5.76 Å². The summed E-state index contributed by atoms with van der Waals surface area (Å²) in [7, 11) is 0. The number of carbonyl (C=O) groups excluding carboxylic acids is 1. The van der Waals surface area contributed by atoms with Gasteiger partial charge in [-0.1, -0.05) is 31.5 Å². The molecule has 0 bridgehead atoms. The lowest BCUT2D eigenvalue weighted by Crippen LogP contribution is -2.32. The van der Waals surface area contributed by atoms with Gasteiger partial charge in [-0.2, -0.15) is 4.98 Å². The first-order valence-electron chi connectivity index (χ1n) is 8.42. The topological polar surface area (TPSA) is 124 Å². The summed E-state index contributed by atoms with van der Waals surface area (Å²) in [5.74, 6) is 0.527. The molecule has 140 valence electrons. The summed E-state index contributed by atoms with van der Waals surface area (Å²) in [5, 5.41) is 17.7. The highest BCUT2D eigenvalue weighted by Crippen LogP contribution is 2.26. The van der Waals surface area contributed by atoms with E-state index in [1.807, 2.05) is 13.8 Å². The first-order valence-corrected chi connectivity index (χ1v) is 8.42. The molecule has 0 saturated carbocycles. The smallest absolute Gasteiger partial charge is 0.270 e. The highest BCUT2D eigenvalue weighted by molar-refractivity contribution is 5.95. The number of hydrogen-bond donors (Lipinski definition) is 1. The fraction of sp³-hybridized carbons (Fsp3) is 0.278. The van der Waals surface area contributed by atoms with Gasteiger partial charge in [0.05, 0.1) is 11.2 Å². The normalized spacial score (nSPS) is 13.1. The van der Waals surface area contributed by atoms with Crippen LogP contribution in [0.15, 0.2) is 51.6 Å². The number of hydrogen-bond acceptors (Lipinski definition) is 7. The van der Waals surface area contributed by atoms with Crippen LogP contribution in [0.4, 0.5) is 5.69 Å². The van der Waals surface area contributed by atoms with Gasteiger partial charge in [0, 0.05) is 17.7 Å². The number of benzene rings is 1. The molecule has 1 N–H and O–H groups in total. The van der Waals surface area contributed by atoms with Crippen molar-refractivity contribution in [2.45, 2.75) is 26.3 Å². The summed E-state index contributed by atoms with van der Waals surface area (Å²) < 4.78 is 10.6. The molecule has 27 heavy (non-hydrogen) atoms. The first kappa shape index (κ1) is 18.3. The molecule has 0 aliphatic heterocycles. The SMILES string of the molecule is CC[C@H](C)[C@@H](NC(=O)c1cccc([N+](=O)[O-])c1)c1nc(-c2ccco2)no1. The van der Waals surface area contributed by atoms with E-state index in [-0.39, 0.29) is 28.9 Å². The van der Waals surface area contributed by atoms with Crippen molar-refractivity contribution in [1.82, 2.24) is 15.5 Å². The van der Waals surface area contributed by atoms with Crippen LogP contribution in [0.25, 0.3) is 11.6 Å². The maximum absolute atomic E-state index is 12.6. The Morgan fingerprint density at radius 1 is 1.33 bits per heavy atom. The van der Waals surface area contributed by atoms with E-state index in [0.29, 0.717) is 5.76 Å². The van der Waals surface area contributed by atoms with Crippen LogP contribution in [0, 0.1) is 16.0 Å². The highest BCUT2D eigenvalue weighted by atomic mass is 16.6. The predicted octanol–water partition coefficient (Wildman–Crippen LogP) is 3.76. The number of carbonyl (C=O) groups is 1. The molecule has 0 radical (unpaired) electrons. The molecule has 3 aromatic rings. The number of rotatable bonds is 7. The molecule has 1 amide bonds. The molecule has 0 spiro atoms. The molecule has 0 fully saturated rings. The van der Waals surface area contributed by atoms with E-state index >= 15 is 0 Å². The molecule has 1 aromatic carbocycles. The van der Waals surface area contributed by atoms with Gasteiger partial charge in [-0.25, -0.2) is 0 Å². The Bertz CT molecular complexity index is 935. The van der Waals surface area contributed by atoms with Crippen molar-refractivity contribution in [3.8, 4) is 11.6 Å². The number of furan rings is 1. The van der Waals surface area contributed by atoms with Crippen molar-refractivity contribution in [3.05, 3.63) is 64.2 Å². The molecule has 9 heteroatoms. The van der Waals surface area contributed by atoms with Crippen LogP contribution in [0.2, 0.25) is 0 Å². The number of aromatic nitrogens is 2. The second kappa shape index (κ2) is 7.81. The maximum atomic E-state index is 12.6. The largest absolute Gasteiger partial charge is 0.461 e. The monoisotopic (exact) mass is 370 g/mol. The fourth-order valence-corrected chi connectivity index (χ4v) is 2.54. The van der Waals surface area contributed by atoms with Crippen LogP contribution in [0.1, 0.15) is 42.6 Å². The van der Waals surface area contributed by atoms with E-state index < -0.39 is 16.9 Å². The van der Waals surface area contributed by atoms with E-state index in [2.05, 4.69) is 15.5 Å². The summed E-state index contributed by atoms with van der Waals surface area (Å²) in [5.41, 5.74) is 0.0314. The number of amides is 1. The Balaban J connectivity index is 1.84. The van der Waals surface area contributed by atoms with E-state index in [1.165, 1.54) is 30.5 Å². The molecule has 0 aliphatic rings. The van der Waals surface area contributed by atoms with Crippen LogP contribution in [-0.4, -0.2) is 21.0 Å². The molecule has 2 atom stereocenters. The molecule has 2 heterocycles. The van der Waals surface area contributed by atoms with Crippen LogP contribution < -0.4 is 5.32 Å². The lowest BCUT2D eigenvalue weighted by molar-refractivity contribution is -0.384. The molecule has 2 aromatic heterocycles. The Morgan fingerprint density at radius 3 is 2.81 bits per heavy atom. The zero-order valence-corrected chi connectivity index (χ0v) is 14.8. The van der Waals surface area contributed by atoms with Crippen molar-refractivity contribution in [2.24, 2.45) is 5.92 Å². The Hall–Kier alpha value is -3.49. The predicted molar refractivity (Wildman–Crippen MR) is 94.8 cm³/mol. The third-order valence-corrected chi connectivity index (χ3v) is 4.27. The Morgan fingerprint density at radius 2 is 2.15 bits per heavy atom. The van der Waals surface area contributed by atoms with Gasteiger partial charge in [0.1, 0.15) is 6.04 Å². The molecule has 9 nitrogen and oxygen atoms in total. The van der Waals surface area contributed by atoms with Gasteiger partial charge in [0.2, 0.25) is 11.7 Å². The summed E-state index contributed by atoms with van der Waals surface area (Å²) in [4.78, 5) is 27.3. The van der Waals surface area contributed by atoms with E-state index in [4.69, 9.17) is 8.94 Å². The summed E-state index contributed by atoms with van der Waals surface area (Å²) in [6.07, 6.45) is 2.25. The van der Waals surface area contributed by atoms with Crippen LogP contribution in [0.3, 0.4) is 0 Å². The zero-order chi connectivity index (χ0) is 19.4. The number of nitrogens with one attached hydrogen (secondary N) is 1. The Labute approximate surface area is 154 Å². The van der Waals surface area contributed by atoms with Crippen molar-refractivity contribution >= 4 is 11.6 Å². The summed E-state index contributed by atoms with van der Waals surface area (Å²) in [6.45, 7) is 3.91. The summed E-state index contributed by atoms with van der Waals surface area (Å²) in [6, 6.07) is 8.40. The average molecular weight is 370 g/mol. The van der Waals surface area contributed by atoms with E-state index in [0.717, 1.165) is 6.42 Å². The number of nitrogens with zero attached hydrogens (tertiary/aromatic N) is 3. The van der Waals surface area contributed by atoms with Gasteiger partial charge >= 0.3 is 0 Å². The molecular formula is C18H18N4O5. The molecule has 0 unspecified atom stereocenters. The van der Waals surface area contributed by atoms with Crippen LogP contribution in [0.5, 0.6) is 0 Å². The van der Waals surface area contributed by atoms with Gasteiger partial charge in [0.25, 0.3) is 11.6 Å². The quantitative estimate of drug-likeness (QED) is 0.496. The van der Waals surface area contributed by atoms with Crippen molar-refractivity contribution in [2.75, 3.05) is 0 Å². The minimum atomic E-state index is -0.545. The first-order chi connectivity index (χ1) is 13.0. The van der Waals surface area contributed by atoms with Gasteiger partial charge in [-0.15, -0.1) is 0 Å². The maximum Gasteiger partial charge on any atom is 0.270 e. The van der Waals surface area contributed by atoms with Gasteiger partial charge in [-0.05, 0) is 24.1 Å². The van der Waals surface area contributed by atoms with Crippen molar-refractivity contribution in [3.63, 3.8) is 0 Å². The molecule has 3 rings (SSSR count). The second-order valence-corrected chi connectivity index (χ2v) is 6.08.